The topological polar surface area (TPSA) is 8.17 Å². The molecule has 2 nitrogen and oxygen atoms in total. The van der Waals surface area contributed by atoms with Crippen LogP contribution in [0.5, 0.6) is 0 Å². The minimum atomic E-state index is -0.108. The summed E-state index contributed by atoms with van der Waals surface area (Å²) in [5, 5.41) is 10.0. The SMILES string of the molecule is CC(C)(C)c1cc(-c2ccccc2)cc(N(c2ccc(C(C)(C)C)cc2-c2ccc(-c3ccccc3)cc2)c2ccc3ccc4c(-n5c6ccccc6c6ccccc65)ccc5ccc2c3c54)c1. The van der Waals surface area contributed by atoms with Crippen LogP contribution in [0.3, 0.4) is 0 Å². The van der Waals surface area contributed by atoms with E-state index in [-0.39, 0.29) is 10.8 Å². The maximum Gasteiger partial charge on any atom is 0.0541 e. The fourth-order valence-corrected chi connectivity index (χ4v) is 10.6. The average Bonchev–Trinajstić information content (AvgIpc) is 3.70. The number of para-hydroxylation sites is 2. The van der Waals surface area contributed by atoms with E-state index in [9.17, 15) is 0 Å². The predicted octanol–water partition coefficient (Wildman–Crippen LogP) is 18.7. The van der Waals surface area contributed by atoms with Crippen LogP contribution in [0.15, 0.2) is 218 Å². The van der Waals surface area contributed by atoms with Crippen LogP contribution < -0.4 is 4.90 Å². The average molecular weight is 875 g/mol. The van der Waals surface area contributed by atoms with Gasteiger partial charge in [0.05, 0.1) is 28.1 Å². The van der Waals surface area contributed by atoms with Crippen molar-refractivity contribution in [2.75, 3.05) is 4.90 Å². The lowest BCUT2D eigenvalue weighted by molar-refractivity contribution is 0.590. The van der Waals surface area contributed by atoms with Crippen molar-refractivity contribution in [2.24, 2.45) is 0 Å². The third-order valence-electron chi connectivity index (χ3n) is 14.2. The molecule has 328 valence electrons. The molecule has 68 heavy (non-hydrogen) atoms. The van der Waals surface area contributed by atoms with Crippen LogP contribution in [0.25, 0.3) is 93.2 Å². The summed E-state index contributed by atoms with van der Waals surface area (Å²) in [5.74, 6) is 0. The molecule has 0 spiro atoms. The van der Waals surface area contributed by atoms with Crippen molar-refractivity contribution in [1.29, 1.82) is 0 Å². The number of benzene rings is 11. The van der Waals surface area contributed by atoms with Gasteiger partial charge in [-0.15, -0.1) is 0 Å². The van der Waals surface area contributed by atoms with E-state index < -0.39 is 0 Å². The molecular formula is C66H54N2. The molecule has 1 heterocycles. The van der Waals surface area contributed by atoms with Crippen molar-refractivity contribution in [1.82, 2.24) is 4.57 Å². The summed E-state index contributed by atoms with van der Waals surface area (Å²) in [6.07, 6.45) is 0. The van der Waals surface area contributed by atoms with Gasteiger partial charge in [-0.25, -0.2) is 0 Å². The van der Waals surface area contributed by atoms with Crippen LogP contribution in [-0.2, 0) is 10.8 Å². The Hall–Kier alpha value is -7.94. The normalized spacial score (nSPS) is 12.3. The molecule has 1 aromatic heterocycles. The molecule has 0 aliphatic rings. The van der Waals surface area contributed by atoms with Crippen LogP contribution in [0, 0.1) is 0 Å². The molecule has 0 radical (unpaired) electrons. The second kappa shape index (κ2) is 15.9. The highest BCUT2D eigenvalue weighted by molar-refractivity contribution is 6.27. The second-order valence-electron chi connectivity index (χ2n) is 20.6. The van der Waals surface area contributed by atoms with Crippen molar-refractivity contribution in [3.63, 3.8) is 0 Å². The Bertz CT molecular complexity index is 3790. The first kappa shape index (κ1) is 41.5. The van der Waals surface area contributed by atoms with E-state index in [4.69, 9.17) is 0 Å². The number of hydrogen-bond acceptors (Lipinski definition) is 1. The van der Waals surface area contributed by atoms with Crippen LogP contribution >= 0.6 is 0 Å². The number of nitrogens with zero attached hydrogens (tertiary/aromatic N) is 2. The van der Waals surface area contributed by atoms with E-state index in [1.807, 2.05) is 0 Å². The molecule has 11 aromatic carbocycles. The van der Waals surface area contributed by atoms with Crippen molar-refractivity contribution in [3.8, 4) is 39.1 Å². The molecule has 0 saturated carbocycles. The van der Waals surface area contributed by atoms with Crippen LogP contribution in [0.4, 0.5) is 17.1 Å². The van der Waals surface area contributed by atoms with Gasteiger partial charge in [0.2, 0.25) is 0 Å². The molecular weight excluding hydrogens is 821 g/mol. The molecule has 0 saturated heterocycles. The molecule has 0 atom stereocenters. The second-order valence-corrected chi connectivity index (χ2v) is 20.6. The van der Waals surface area contributed by atoms with Crippen molar-refractivity contribution < 1.29 is 0 Å². The van der Waals surface area contributed by atoms with Crippen molar-refractivity contribution in [2.45, 2.75) is 52.4 Å². The quantitative estimate of drug-likeness (QED) is 0.145. The van der Waals surface area contributed by atoms with Gasteiger partial charge in [0.15, 0.2) is 0 Å². The zero-order chi connectivity index (χ0) is 46.3. The minimum Gasteiger partial charge on any atom is -0.309 e. The van der Waals surface area contributed by atoms with Gasteiger partial charge in [0, 0.05) is 32.8 Å². The van der Waals surface area contributed by atoms with Gasteiger partial charge in [0.25, 0.3) is 0 Å². The zero-order valence-corrected chi connectivity index (χ0v) is 39.7. The summed E-state index contributed by atoms with van der Waals surface area (Å²) in [7, 11) is 0. The summed E-state index contributed by atoms with van der Waals surface area (Å²) in [6, 6.07) is 81.5. The first-order valence-electron chi connectivity index (χ1n) is 24.0. The molecule has 0 unspecified atom stereocenters. The van der Waals surface area contributed by atoms with E-state index in [0.717, 1.165) is 17.1 Å². The molecule has 0 bridgehead atoms. The van der Waals surface area contributed by atoms with Crippen LogP contribution in [0.2, 0.25) is 0 Å². The molecule has 0 N–H and O–H groups in total. The van der Waals surface area contributed by atoms with Crippen molar-refractivity contribution >= 4 is 71.2 Å². The molecule has 0 aliphatic heterocycles. The van der Waals surface area contributed by atoms with Gasteiger partial charge >= 0.3 is 0 Å². The molecule has 2 heteroatoms. The number of fused-ring (bicyclic) bond motifs is 3. The number of hydrogen-bond donors (Lipinski definition) is 0. The molecule has 0 aliphatic carbocycles. The summed E-state index contributed by atoms with van der Waals surface area (Å²) < 4.78 is 2.47. The largest absolute Gasteiger partial charge is 0.309 e. The Kier molecular flexibility index (Phi) is 9.67. The van der Waals surface area contributed by atoms with E-state index >= 15 is 0 Å². The van der Waals surface area contributed by atoms with Gasteiger partial charge in [-0.05, 0) is 120 Å². The molecule has 0 amide bonds. The smallest absolute Gasteiger partial charge is 0.0541 e. The van der Waals surface area contributed by atoms with Gasteiger partial charge < -0.3 is 9.47 Å². The number of aromatic nitrogens is 1. The fraction of sp³-hybridized carbons (Fsp3) is 0.121. The lowest BCUT2D eigenvalue weighted by Crippen LogP contribution is -2.17. The monoisotopic (exact) mass is 874 g/mol. The summed E-state index contributed by atoms with van der Waals surface area (Å²) in [6.45, 7) is 13.9. The Labute approximate surface area is 399 Å². The highest BCUT2D eigenvalue weighted by Crippen LogP contribution is 2.50. The molecule has 12 rings (SSSR count). The minimum absolute atomic E-state index is 0.0597. The summed E-state index contributed by atoms with van der Waals surface area (Å²) >= 11 is 0. The van der Waals surface area contributed by atoms with Crippen LogP contribution in [-0.4, -0.2) is 4.57 Å². The maximum atomic E-state index is 2.56. The van der Waals surface area contributed by atoms with Gasteiger partial charge in [0.1, 0.15) is 0 Å². The first-order valence-corrected chi connectivity index (χ1v) is 24.0. The van der Waals surface area contributed by atoms with Gasteiger partial charge in [-0.3, -0.25) is 0 Å². The third-order valence-corrected chi connectivity index (χ3v) is 14.2. The predicted molar refractivity (Wildman–Crippen MR) is 293 cm³/mol. The van der Waals surface area contributed by atoms with E-state index in [2.05, 4.69) is 269 Å². The van der Waals surface area contributed by atoms with E-state index in [1.165, 1.54) is 104 Å². The number of rotatable bonds is 7. The zero-order valence-electron chi connectivity index (χ0n) is 39.7. The Balaban J connectivity index is 1.16. The number of anilines is 3. The fourth-order valence-electron chi connectivity index (χ4n) is 10.6. The molecule has 0 fully saturated rings. The summed E-state index contributed by atoms with van der Waals surface area (Å²) in [5.41, 5.74) is 16.6. The van der Waals surface area contributed by atoms with Gasteiger partial charge in [-0.1, -0.05) is 211 Å². The molecule has 12 aromatic rings. The van der Waals surface area contributed by atoms with E-state index in [0.29, 0.717) is 0 Å². The standard InChI is InChI=1S/C66H54N2/c1-65(2,3)50-33-38-62(57(42-50)46-27-25-45(26-28-46)43-17-9-7-10-18-43)67(52-40-49(44-19-11-8-12-20-44)39-51(41-52)66(4,5)6)60-36-31-47-30-35-56-61(37-32-48-29-34-55(60)63(47)64(48)56)68-58-23-15-13-21-53(58)54-22-14-16-24-59(54)68/h7-42H,1-6H3. The first-order chi connectivity index (χ1) is 33.0. The highest BCUT2D eigenvalue weighted by atomic mass is 15.1. The summed E-state index contributed by atoms with van der Waals surface area (Å²) in [4.78, 5) is 2.56. The Morgan fingerprint density at radius 2 is 0.838 bits per heavy atom. The lowest BCUT2D eigenvalue weighted by atomic mass is 9.83. The van der Waals surface area contributed by atoms with Crippen molar-refractivity contribution in [3.05, 3.63) is 230 Å². The maximum absolute atomic E-state index is 2.56. The van der Waals surface area contributed by atoms with Gasteiger partial charge in [-0.2, -0.15) is 0 Å². The lowest BCUT2D eigenvalue weighted by Gasteiger charge is -2.33. The van der Waals surface area contributed by atoms with E-state index in [1.54, 1.807) is 0 Å². The Morgan fingerprint density at radius 3 is 1.47 bits per heavy atom. The third kappa shape index (κ3) is 6.94. The highest BCUT2D eigenvalue weighted by Gasteiger charge is 2.27. The Morgan fingerprint density at radius 1 is 0.338 bits per heavy atom. The van der Waals surface area contributed by atoms with Crippen LogP contribution in [0.1, 0.15) is 52.7 Å².